The monoisotopic (exact) mass is 405 g/mol. The smallest absolute Gasteiger partial charge is 0.251 e. The third kappa shape index (κ3) is 6.49. The van der Waals surface area contributed by atoms with Gasteiger partial charge in [-0.2, -0.15) is 0 Å². The number of amides is 1. The molecule has 0 bridgehead atoms. The number of nitrogens with one attached hydrogen (secondary N) is 1. The van der Waals surface area contributed by atoms with Crippen molar-refractivity contribution in [2.75, 3.05) is 39.5 Å². The Morgan fingerprint density at radius 2 is 1.82 bits per heavy atom. The van der Waals surface area contributed by atoms with Gasteiger partial charge in [0.1, 0.15) is 12.4 Å². The first-order valence-corrected chi connectivity index (χ1v) is 9.34. The van der Waals surface area contributed by atoms with Crippen molar-refractivity contribution in [3.8, 4) is 5.75 Å². The molecule has 1 heterocycles. The highest BCUT2D eigenvalue weighted by molar-refractivity contribution is 5.94. The van der Waals surface area contributed by atoms with Crippen molar-refractivity contribution in [3.63, 3.8) is 0 Å². The van der Waals surface area contributed by atoms with E-state index in [2.05, 4.69) is 10.2 Å². The molecule has 0 saturated carbocycles. The molecule has 6 nitrogen and oxygen atoms in total. The molecule has 0 radical (unpaired) electrons. The molecule has 1 amide bonds. The predicted molar refractivity (Wildman–Crippen MR) is 112 cm³/mol. The molecular formula is C21H28ClN3O3. The Hall–Kier alpha value is -2.12. The Morgan fingerprint density at radius 1 is 1.11 bits per heavy atom. The fraction of sp³-hybridized carbons (Fsp3) is 0.381. The molecule has 3 N–H and O–H groups in total. The van der Waals surface area contributed by atoms with Crippen LogP contribution in [0.4, 0.5) is 0 Å². The lowest BCUT2D eigenvalue weighted by atomic mass is 10.1. The fourth-order valence-corrected chi connectivity index (χ4v) is 2.97. The molecule has 1 aliphatic heterocycles. The van der Waals surface area contributed by atoms with Crippen molar-refractivity contribution in [2.45, 2.75) is 13.1 Å². The first-order chi connectivity index (χ1) is 13.3. The highest BCUT2D eigenvalue weighted by Gasteiger charge is 2.11. The summed E-state index contributed by atoms with van der Waals surface area (Å²) in [6.07, 6.45) is 0. The number of rotatable bonds is 8. The van der Waals surface area contributed by atoms with E-state index in [9.17, 15) is 4.79 Å². The van der Waals surface area contributed by atoms with Crippen LogP contribution in [-0.4, -0.2) is 50.3 Å². The topological polar surface area (TPSA) is 76.8 Å². The van der Waals surface area contributed by atoms with Gasteiger partial charge in [0, 0.05) is 43.9 Å². The molecule has 0 spiro atoms. The van der Waals surface area contributed by atoms with E-state index in [0.29, 0.717) is 25.3 Å². The summed E-state index contributed by atoms with van der Waals surface area (Å²) >= 11 is 0. The number of morpholine rings is 1. The Labute approximate surface area is 172 Å². The first-order valence-electron chi connectivity index (χ1n) is 9.34. The van der Waals surface area contributed by atoms with Crippen molar-refractivity contribution in [1.29, 1.82) is 0 Å². The van der Waals surface area contributed by atoms with Gasteiger partial charge in [-0.1, -0.05) is 30.3 Å². The van der Waals surface area contributed by atoms with Crippen LogP contribution in [0.25, 0.3) is 0 Å². The zero-order valence-corrected chi connectivity index (χ0v) is 16.7. The number of nitrogens with two attached hydrogens (primary N) is 1. The van der Waals surface area contributed by atoms with Crippen molar-refractivity contribution in [2.24, 2.45) is 5.73 Å². The van der Waals surface area contributed by atoms with Gasteiger partial charge in [-0.25, -0.2) is 0 Å². The molecule has 1 aliphatic rings. The van der Waals surface area contributed by atoms with Crippen molar-refractivity contribution in [3.05, 3.63) is 65.2 Å². The Bertz CT molecular complexity index is 734. The number of para-hydroxylation sites is 1. The Kier molecular flexibility index (Phi) is 9.23. The number of ether oxygens (including phenoxy) is 2. The maximum atomic E-state index is 12.3. The lowest BCUT2D eigenvalue weighted by Gasteiger charge is -2.26. The summed E-state index contributed by atoms with van der Waals surface area (Å²) in [5.74, 6) is 0.700. The van der Waals surface area contributed by atoms with Gasteiger partial charge in [0.05, 0.1) is 13.2 Å². The minimum absolute atomic E-state index is 0. The molecule has 0 aromatic heterocycles. The van der Waals surface area contributed by atoms with Crippen LogP contribution in [-0.2, 0) is 17.8 Å². The van der Waals surface area contributed by atoms with E-state index < -0.39 is 0 Å². The van der Waals surface area contributed by atoms with E-state index in [1.807, 2.05) is 36.4 Å². The molecular weight excluding hydrogens is 378 g/mol. The average Bonchev–Trinajstić information content (AvgIpc) is 2.73. The number of nitrogens with zero attached hydrogens (tertiary/aromatic N) is 1. The largest absolute Gasteiger partial charge is 0.492 e. The number of hydrogen-bond donors (Lipinski definition) is 2. The third-order valence-corrected chi connectivity index (χ3v) is 4.63. The molecule has 1 saturated heterocycles. The minimum atomic E-state index is -0.110. The van der Waals surface area contributed by atoms with Crippen LogP contribution in [0.1, 0.15) is 21.5 Å². The second-order valence-electron chi connectivity index (χ2n) is 6.49. The van der Waals surface area contributed by atoms with Crippen LogP contribution in [0.3, 0.4) is 0 Å². The van der Waals surface area contributed by atoms with Crippen molar-refractivity contribution in [1.82, 2.24) is 10.2 Å². The highest BCUT2D eigenvalue weighted by atomic mass is 35.5. The van der Waals surface area contributed by atoms with E-state index in [0.717, 1.165) is 49.7 Å². The molecule has 2 aromatic rings. The fourth-order valence-electron chi connectivity index (χ4n) is 2.97. The second kappa shape index (κ2) is 11.7. The van der Waals surface area contributed by atoms with Crippen LogP contribution >= 0.6 is 12.4 Å². The van der Waals surface area contributed by atoms with Crippen LogP contribution < -0.4 is 15.8 Å². The summed E-state index contributed by atoms with van der Waals surface area (Å²) < 4.78 is 11.3. The van der Waals surface area contributed by atoms with Gasteiger partial charge in [0.15, 0.2) is 0 Å². The standard InChI is InChI=1S/C21H27N3O3.ClH/c22-15-17-5-7-18(8-6-17)21(25)23-16-19-3-1-2-4-20(19)27-14-11-24-9-12-26-13-10-24;/h1-8H,9-16,22H2,(H,23,25);1H. The average molecular weight is 406 g/mol. The van der Waals surface area contributed by atoms with Gasteiger partial charge in [-0.15, -0.1) is 12.4 Å². The summed E-state index contributed by atoms with van der Waals surface area (Å²) in [6.45, 7) is 5.85. The maximum Gasteiger partial charge on any atom is 0.251 e. The first kappa shape index (κ1) is 22.2. The third-order valence-electron chi connectivity index (χ3n) is 4.63. The molecule has 28 heavy (non-hydrogen) atoms. The highest BCUT2D eigenvalue weighted by Crippen LogP contribution is 2.18. The van der Waals surface area contributed by atoms with E-state index in [-0.39, 0.29) is 18.3 Å². The summed E-state index contributed by atoms with van der Waals surface area (Å²) in [7, 11) is 0. The summed E-state index contributed by atoms with van der Waals surface area (Å²) in [5.41, 5.74) is 8.18. The lowest BCUT2D eigenvalue weighted by Crippen LogP contribution is -2.38. The van der Waals surface area contributed by atoms with Gasteiger partial charge in [0.25, 0.3) is 5.91 Å². The van der Waals surface area contributed by atoms with E-state index in [1.165, 1.54) is 0 Å². The number of halogens is 1. The van der Waals surface area contributed by atoms with Crippen molar-refractivity contribution >= 4 is 18.3 Å². The van der Waals surface area contributed by atoms with Gasteiger partial charge in [-0.05, 0) is 23.8 Å². The molecule has 1 fully saturated rings. The molecule has 0 aliphatic carbocycles. The molecule has 2 aromatic carbocycles. The normalized spacial score (nSPS) is 14.2. The Balaban J connectivity index is 0.00000280. The van der Waals surface area contributed by atoms with Gasteiger partial charge < -0.3 is 20.5 Å². The van der Waals surface area contributed by atoms with Crippen molar-refractivity contribution < 1.29 is 14.3 Å². The number of carbonyl (C=O) groups excluding carboxylic acids is 1. The lowest BCUT2D eigenvalue weighted by molar-refractivity contribution is 0.0322. The van der Waals surface area contributed by atoms with Gasteiger partial charge in [0.2, 0.25) is 0 Å². The predicted octanol–water partition coefficient (Wildman–Crippen LogP) is 2.21. The molecule has 7 heteroatoms. The van der Waals surface area contributed by atoms with E-state index in [4.69, 9.17) is 15.2 Å². The maximum absolute atomic E-state index is 12.3. The van der Waals surface area contributed by atoms with Gasteiger partial charge in [-0.3, -0.25) is 9.69 Å². The van der Waals surface area contributed by atoms with Crippen LogP contribution in [0.2, 0.25) is 0 Å². The summed E-state index contributed by atoms with van der Waals surface area (Å²) in [6, 6.07) is 15.1. The molecule has 3 rings (SSSR count). The van der Waals surface area contributed by atoms with E-state index in [1.54, 1.807) is 12.1 Å². The van der Waals surface area contributed by atoms with Crippen LogP contribution in [0, 0.1) is 0 Å². The molecule has 0 atom stereocenters. The van der Waals surface area contributed by atoms with Gasteiger partial charge >= 0.3 is 0 Å². The number of hydrogen-bond acceptors (Lipinski definition) is 5. The van der Waals surface area contributed by atoms with Crippen LogP contribution in [0.15, 0.2) is 48.5 Å². The van der Waals surface area contributed by atoms with Crippen LogP contribution in [0.5, 0.6) is 5.75 Å². The molecule has 0 unspecified atom stereocenters. The summed E-state index contributed by atoms with van der Waals surface area (Å²) in [4.78, 5) is 14.7. The zero-order chi connectivity index (χ0) is 18.9. The quantitative estimate of drug-likeness (QED) is 0.704. The number of benzene rings is 2. The Morgan fingerprint density at radius 3 is 2.54 bits per heavy atom. The molecule has 152 valence electrons. The summed E-state index contributed by atoms with van der Waals surface area (Å²) in [5, 5.41) is 2.96. The second-order valence-corrected chi connectivity index (χ2v) is 6.49. The minimum Gasteiger partial charge on any atom is -0.492 e. The van der Waals surface area contributed by atoms with E-state index >= 15 is 0 Å². The zero-order valence-electron chi connectivity index (χ0n) is 15.9. The number of carbonyl (C=O) groups is 1. The SMILES string of the molecule is Cl.NCc1ccc(C(=O)NCc2ccccc2OCCN2CCOCC2)cc1.